The minimum atomic E-state index is -0.942. The molecule has 0 amide bonds. The second kappa shape index (κ2) is 10.4. The largest absolute Gasteiger partial charge is 0.481 e. The first-order valence-corrected chi connectivity index (χ1v) is 8.57. The Bertz CT molecular complexity index is 306. The Morgan fingerprint density at radius 2 is 1.75 bits per heavy atom. The lowest BCUT2D eigenvalue weighted by molar-refractivity contribution is -0.141. The number of unbranched alkanes of at least 4 members (excludes halogenated alkanes) is 2. The molecule has 0 fully saturated rings. The molecule has 0 saturated heterocycles. The van der Waals surface area contributed by atoms with E-state index in [-0.39, 0.29) is 12.8 Å². The second-order valence-corrected chi connectivity index (χ2v) is 7.58. The molecule has 2 unspecified atom stereocenters. The Balaban J connectivity index is 4.62. The highest BCUT2D eigenvalue weighted by molar-refractivity contribution is 14.1. The molecule has 0 saturated carbocycles. The van der Waals surface area contributed by atoms with Gasteiger partial charge in [0.05, 0.1) is 0 Å². The number of hydrogen-bond acceptors (Lipinski definition) is 2. The molecule has 0 spiro atoms. The van der Waals surface area contributed by atoms with Crippen LogP contribution in [0.1, 0.15) is 71.6 Å². The average molecular weight is 398 g/mol. The molecule has 4 nitrogen and oxygen atoms in total. The Labute approximate surface area is 135 Å². The van der Waals surface area contributed by atoms with Crippen LogP contribution >= 0.6 is 22.6 Å². The van der Waals surface area contributed by atoms with Gasteiger partial charge in [0.25, 0.3) is 0 Å². The summed E-state index contributed by atoms with van der Waals surface area (Å²) in [5.41, 5.74) is 0. The molecular weight excluding hydrogens is 371 g/mol. The maximum atomic E-state index is 11.5. The van der Waals surface area contributed by atoms with Crippen LogP contribution in [0.2, 0.25) is 0 Å². The van der Waals surface area contributed by atoms with Gasteiger partial charge in [0.1, 0.15) is 3.42 Å². The second-order valence-electron chi connectivity index (χ2n) is 5.52. The van der Waals surface area contributed by atoms with Crippen molar-refractivity contribution in [3.63, 3.8) is 0 Å². The quantitative estimate of drug-likeness (QED) is 0.289. The van der Waals surface area contributed by atoms with Crippen LogP contribution in [0.15, 0.2) is 0 Å². The molecule has 0 aromatic carbocycles. The van der Waals surface area contributed by atoms with Crippen molar-refractivity contribution >= 4 is 34.5 Å². The van der Waals surface area contributed by atoms with Crippen LogP contribution in [0.25, 0.3) is 0 Å². The third kappa shape index (κ3) is 8.07. The molecule has 20 heavy (non-hydrogen) atoms. The Hall–Kier alpha value is -0.330. The van der Waals surface area contributed by atoms with E-state index in [9.17, 15) is 14.7 Å². The smallest absolute Gasteiger partial charge is 0.319 e. The van der Waals surface area contributed by atoms with E-state index in [2.05, 4.69) is 13.8 Å². The molecular formula is C15H27IO4. The number of carboxylic acid groups (broad SMARTS) is 2. The van der Waals surface area contributed by atoms with E-state index in [4.69, 9.17) is 5.11 Å². The van der Waals surface area contributed by atoms with Crippen molar-refractivity contribution in [3.8, 4) is 0 Å². The number of carboxylic acids is 2. The summed E-state index contributed by atoms with van der Waals surface area (Å²) in [6.07, 6.45) is 7.28. The summed E-state index contributed by atoms with van der Waals surface area (Å²) in [6.45, 7) is 4.27. The number of hydrogen-bond donors (Lipinski definition) is 2. The highest BCUT2D eigenvalue weighted by atomic mass is 127. The van der Waals surface area contributed by atoms with Crippen molar-refractivity contribution in [3.05, 3.63) is 0 Å². The van der Waals surface area contributed by atoms with Crippen molar-refractivity contribution in [1.82, 2.24) is 0 Å². The summed E-state index contributed by atoms with van der Waals surface area (Å²) >= 11 is 1.95. The molecule has 2 N–H and O–H groups in total. The van der Waals surface area contributed by atoms with Crippen molar-refractivity contribution in [2.24, 2.45) is 5.92 Å². The SMILES string of the molecule is CCCCCC(CCC)CC(I)(CCC(=O)O)C(=O)O. The summed E-state index contributed by atoms with van der Waals surface area (Å²) in [5.74, 6) is -1.42. The van der Waals surface area contributed by atoms with Gasteiger partial charge in [-0.15, -0.1) is 0 Å². The first kappa shape index (κ1) is 19.7. The lowest BCUT2D eigenvalue weighted by atomic mass is 9.85. The summed E-state index contributed by atoms with van der Waals surface area (Å²) < 4.78 is -0.942. The van der Waals surface area contributed by atoms with Gasteiger partial charge < -0.3 is 10.2 Å². The van der Waals surface area contributed by atoms with Crippen LogP contribution in [-0.4, -0.2) is 25.6 Å². The van der Waals surface area contributed by atoms with E-state index >= 15 is 0 Å². The fraction of sp³-hybridized carbons (Fsp3) is 0.867. The van der Waals surface area contributed by atoms with Crippen LogP contribution in [0, 0.1) is 5.92 Å². The number of carbonyl (C=O) groups is 2. The van der Waals surface area contributed by atoms with Crippen LogP contribution in [0.3, 0.4) is 0 Å². The summed E-state index contributed by atoms with van der Waals surface area (Å²) in [4.78, 5) is 22.2. The van der Waals surface area contributed by atoms with Crippen molar-refractivity contribution in [2.75, 3.05) is 0 Å². The molecule has 0 aromatic heterocycles. The predicted molar refractivity (Wildman–Crippen MR) is 88.4 cm³/mol. The molecule has 0 heterocycles. The molecule has 0 bridgehead atoms. The first-order valence-electron chi connectivity index (χ1n) is 7.49. The highest BCUT2D eigenvalue weighted by Crippen LogP contribution is 2.36. The zero-order valence-electron chi connectivity index (χ0n) is 12.5. The van der Waals surface area contributed by atoms with Crippen LogP contribution in [-0.2, 0) is 9.59 Å². The molecule has 5 heteroatoms. The van der Waals surface area contributed by atoms with Crippen LogP contribution < -0.4 is 0 Å². The summed E-state index contributed by atoms with van der Waals surface area (Å²) in [7, 11) is 0. The van der Waals surface area contributed by atoms with Crippen LogP contribution in [0.5, 0.6) is 0 Å². The van der Waals surface area contributed by atoms with Gasteiger partial charge in [0.2, 0.25) is 0 Å². The van der Waals surface area contributed by atoms with Gasteiger partial charge in [-0.25, -0.2) is 0 Å². The van der Waals surface area contributed by atoms with Crippen molar-refractivity contribution < 1.29 is 19.8 Å². The van der Waals surface area contributed by atoms with E-state index in [0.29, 0.717) is 12.3 Å². The number of aliphatic carboxylic acids is 2. The maximum Gasteiger partial charge on any atom is 0.319 e. The van der Waals surface area contributed by atoms with E-state index in [1.807, 2.05) is 22.6 Å². The summed E-state index contributed by atoms with van der Waals surface area (Å²) in [5, 5.41) is 18.2. The standard InChI is InChI=1S/C15H27IO4/c1-3-5-6-8-12(7-4-2)11-15(16,14(19)20)10-9-13(17)18/h12H,3-11H2,1-2H3,(H,17,18)(H,19,20). The van der Waals surface area contributed by atoms with E-state index < -0.39 is 15.4 Å². The molecule has 0 aliphatic rings. The normalized spacial score (nSPS) is 15.6. The van der Waals surface area contributed by atoms with Gasteiger partial charge >= 0.3 is 11.9 Å². The van der Waals surface area contributed by atoms with E-state index in [1.165, 1.54) is 6.42 Å². The Kier molecular flexibility index (Phi) is 10.2. The maximum absolute atomic E-state index is 11.5. The van der Waals surface area contributed by atoms with Gasteiger partial charge in [0, 0.05) is 6.42 Å². The zero-order chi connectivity index (χ0) is 15.6. The number of halogens is 1. The lowest BCUT2D eigenvalue weighted by Crippen LogP contribution is -2.34. The van der Waals surface area contributed by atoms with Gasteiger partial charge in [-0.3, -0.25) is 9.59 Å². The number of rotatable bonds is 12. The molecule has 118 valence electrons. The van der Waals surface area contributed by atoms with E-state index in [0.717, 1.165) is 32.1 Å². The summed E-state index contributed by atoms with van der Waals surface area (Å²) in [6, 6.07) is 0. The van der Waals surface area contributed by atoms with Gasteiger partial charge in [0.15, 0.2) is 0 Å². The van der Waals surface area contributed by atoms with Gasteiger partial charge in [-0.1, -0.05) is 75.0 Å². The molecule has 0 aliphatic carbocycles. The average Bonchev–Trinajstić information content (AvgIpc) is 2.36. The topological polar surface area (TPSA) is 74.6 Å². The third-order valence-electron chi connectivity index (χ3n) is 3.64. The first-order chi connectivity index (χ1) is 9.35. The fourth-order valence-corrected chi connectivity index (χ4v) is 3.39. The third-order valence-corrected chi connectivity index (χ3v) is 5.08. The number of alkyl halides is 1. The molecule has 0 rings (SSSR count). The molecule has 0 aromatic rings. The molecule has 2 atom stereocenters. The van der Waals surface area contributed by atoms with Crippen molar-refractivity contribution in [1.29, 1.82) is 0 Å². The van der Waals surface area contributed by atoms with Gasteiger partial charge in [-0.2, -0.15) is 0 Å². The van der Waals surface area contributed by atoms with Crippen LogP contribution in [0.4, 0.5) is 0 Å². The molecule has 0 radical (unpaired) electrons. The Morgan fingerprint density at radius 1 is 1.10 bits per heavy atom. The van der Waals surface area contributed by atoms with Gasteiger partial charge in [-0.05, 0) is 18.8 Å². The van der Waals surface area contributed by atoms with E-state index in [1.54, 1.807) is 0 Å². The highest BCUT2D eigenvalue weighted by Gasteiger charge is 2.37. The zero-order valence-corrected chi connectivity index (χ0v) is 14.7. The lowest BCUT2D eigenvalue weighted by Gasteiger charge is -2.27. The molecule has 0 aliphatic heterocycles. The Morgan fingerprint density at radius 3 is 2.20 bits per heavy atom. The monoisotopic (exact) mass is 398 g/mol. The minimum absolute atomic E-state index is 0.0803. The predicted octanol–water partition coefficient (Wildman–Crippen LogP) is 4.50. The fourth-order valence-electron chi connectivity index (χ4n) is 2.50. The minimum Gasteiger partial charge on any atom is -0.481 e. The van der Waals surface area contributed by atoms with Crippen molar-refractivity contribution in [2.45, 2.75) is 75.1 Å².